The van der Waals surface area contributed by atoms with Crippen LogP contribution in [0.3, 0.4) is 0 Å². The Kier molecular flexibility index (Phi) is 2.98. The first-order valence-corrected chi connectivity index (χ1v) is 6.57. The topological polar surface area (TPSA) is 55.6 Å². The van der Waals surface area contributed by atoms with Gasteiger partial charge in [-0.05, 0) is 37.1 Å². The Labute approximate surface area is 111 Å². The van der Waals surface area contributed by atoms with Gasteiger partial charge in [0, 0.05) is 12.8 Å². The lowest BCUT2D eigenvalue weighted by Crippen LogP contribution is -2.48. The van der Waals surface area contributed by atoms with E-state index in [1.165, 1.54) is 0 Å². The van der Waals surface area contributed by atoms with Crippen LogP contribution in [-0.4, -0.2) is 34.3 Å². The Balaban J connectivity index is 1.88. The van der Waals surface area contributed by atoms with Crippen molar-refractivity contribution < 1.29 is 9.53 Å². The molecule has 0 bridgehead atoms. The zero-order valence-corrected chi connectivity index (χ0v) is 10.9. The molecule has 1 fully saturated rings. The third kappa shape index (κ3) is 2.10. The van der Waals surface area contributed by atoms with E-state index in [4.69, 9.17) is 4.74 Å². The van der Waals surface area contributed by atoms with Crippen molar-refractivity contribution >= 4 is 11.4 Å². The summed E-state index contributed by atoms with van der Waals surface area (Å²) in [6.45, 7) is 3.37. The van der Waals surface area contributed by atoms with Gasteiger partial charge >= 0.3 is 0 Å². The summed E-state index contributed by atoms with van der Waals surface area (Å²) in [5.41, 5.74) is 1.26. The van der Waals surface area contributed by atoms with Crippen LogP contribution in [-0.2, 0) is 4.74 Å². The average Bonchev–Trinajstić information content (AvgIpc) is 3.05. The van der Waals surface area contributed by atoms with Gasteiger partial charge in [0.2, 0.25) is 0 Å². The first kappa shape index (κ1) is 12.2. The molecule has 3 heterocycles. The number of carbonyl (C=O) groups excluding carboxylic acids is 1. The van der Waals surface area contributed by atoms with Crippen molar-refractivity contribution in [1.29, 1.82) is 0 Å². The maximum atomic E-state index is 12.4. The molecule has 5 nitrogen and oxygen atoms in total. The van der Waals surface area contributed by atoms with E-state index in [0.717, 1.165) is 18.4 Å². The van der Waals surface area contributed by atoms with Crippen LogP contribution in [0.25, 0.3) is 5.52 Å². The molecule has 0 spiro atoms. The van der Waals surface area contributed by atoms with Crippen LogP contribution in [0, 0.1) is 0 Å². The summed E-state index contributed by atoms with van der Waals surface area (Å²) in [5.74, 6) is -0.0916. The van der Waals surface area contributed by atoms with E-state index in [2.05, 4.69) is 17.3 Å². The van der Waals surface area contributed by atoms with Gasteiger partial charge in [0.25, 0.3) is 5.91 Å². The average molecular weight is 259 g/mol. The number of carbonyl (C=O) groups is 1. The maximum absolute atomic E-state index is 12.4. The zero-order chi connectivity index (χ0) is 13.3. The van der Waals surface area contributed by atoms with E-state index in [-0.39, 0.29) is 11.4 Å². The van der Waals surface area contributed by atoms with Gasteiger partial charge in [0.05, 0.1) is 17.7 Å². The largest absolute Gasteiger partial charge is 0.379 e. The minimum Gasteiger partial charge on any atom is -0.379 e. The number of fused-ring (bicyclic) bond motifs is 1. The van der Waals surface area contributed by atoms with Crippen molar-refractivity contribution in [3.63, 3.8) is 0 Å². The number of ether oxygens (including phenoxy) is 1. The molecule has 3 rings (SSSR count). The molecule has 0 aromatic carbocycles. The lowest BCUT2D eigenvalue weighted by molar-refractivity contribution is 0.0867. The maximum Gasteiger partial charge on any atom is 0.270 e. The van der Waals surface area contributed by atoms with Crippen LogP contribution < -0.4 is 5.32 Å². The van der Waals surface area contributed by atoms with E-state index < -0.39 is 0 Å². The molecule has 1 saturated heterocycles. The van der Waals surface area contributed by atoms with Gasteiger partial charge in [0.1, 0.15) is 5.69 Å². The predicted molar refractivity (Wildman–Crippen MR) is 71.1 cm³/mol. The SMILES string of the molecule is CCC1(NC(=O)c2ccc3cccnn23)CCOC1. The molecule has 2 aromatic rings. The number of aromatic nitrogens is 2. The summed E-state index contributed by atoms with van der Waals surface area (Å²) in [6.07, 6.45) is 3.42. The molecule has 1 aliphatic heterocycles. The number of hydrogen-bond acceptors (Lipinski definition) is 3. The molecule has 5 heteroatoms. The molecule has 0 saturated carbocycles. The lowest BCUT2D eigenvalue weighted by atomic mass is 9.95. The van der Waals surface area contributed by atoms with Crippen LogP contribution >= 0.6 is 0 Å². The fraction of sp³-hybridized carbons (Fsp3) is 0.429. The van der Waals surface area contributed by atoms with Crippen LogP contribution in [0.1, 0.15) is 30.3 Å². The zero-order valence-electron chi connectivity index (χ0n) is 10.9. The van der Waals surface area contributed by atoms with E-state index in [1.54, 1.807) is 16.8 Å². The Morgan fingerprint density at radius 2 is 2.42 bits per heavy atom. The van der Waals surface area contributed by atoms with E-state index in [9.17, 15) is 4.79 Å². The third-order valence-corrected chi connectivity index (χ3v) is 3.81. The van der Waals surface area contributed by atoms with Crippen LogP contribution in [0.4, 0.5) is 0 Å². The van der Waals surface area contributed by atoms with Gasteiger partial charge in [-0.1, -0.05) is 6.92 Å². The van der Waals surface area contributed by atoms with Crippen LogP contribution in [0.2, 0.25) is 0 Å². The monoisotopic (exact) mass is 259 g/mol. The summed E-state index contributed by atoms with van der Waals surface area (Å²) < 4.78 is 7.08. The van der Waals surface area contributed by atoms with Crippen molar-refractivity contribution in [3.05, 3.63) is 36.2 Å². The highest BCUT2D eigenvalue weighted by molar-refractivity contribution is 5.94. The molecule has 1 aliphatic rings. The first-order chi connectivity index (χ1) is 9.24. The number of nitrogens with one attached hydrogen (secondary N) is 1. The molecular formula is C14H17N3O2. The standard InChI is InChI=1S/C14H17N3O2/c1-2-14(7-9-19-10-14)16-13(18)12-6-5-11-4-3-8-15-17(11)12/h3-6,8H,2,7,9-10H2,1H3,(H,16,18). The molecule has 1 amide bonds. The fourth-order valence-corrected chi connectivity index (χ4v) is 2.50. The Bertz CT molecular complexity index is 600. The molecular weight excluding hydrogens is 242 g/mol. The van der Waals surface area contributed by atoms with E-state index in [0.29, 0.717) is 18.9 Å². The summed E-state index contributed by atoms with van der Waals surface area (Å²) in [7, 11) is 0. The smallest absolute Gasteiger partial charge is 0.270 e. The van der Waals surface area contributed by atoms with Crippen molar-refractivity contribution in [2.75, 3.05) is 13.2 Å². The van der Waals surface area contributed by atoms with Gasteiger partial charge in [-0.25, -0.2) is 4.52 Å². The highest BCUT2D eigenvalue weighted by Gasteiger charge is 2.35. The van der Waals surface area contributed by atoms with Crippen molar-refractivity contribution in [2.45, 2.75) is 25.3 Å². The van der Waals surface area contributed by atoms with Crippen molar-refractivity contribution in [3.8, 4) is 0 Å². The van der Waals surface area contributed by atoms with Gasteiger partial charge in [-0.15, -0.1) is 0 Å². The minimum atomic E-state index is -0.226. The van der Waals surface area contributed by atoms with Gasteiger partial charge in [-0.2, -0.15) is 5.10 Å². The van der Waals surface area contributed by atoms with E-state index >= 15 is 0 Å². The minimum absolute atomic E-state index is 0.0916. The molecule has 1 N–H and O–H groups in total. The summed E-state index contributed by atoms with van der Waals surface area (Å²) in [4.78, 5) is 12.4. The summed E-state index contributed by atoms with van der Waals surface area (Å²) in [6, 6.07) is 7.48. The predicted octanol–water partition coefficient (Wildman–Crippen LogP) is 1.63. The second-order valence-corrected chi connectivity index (χ2v) is 4.97. The molecule has 2 aromatic heterocycles. The lowest BCUT2D eigenvalue weighted by Gasteiger charge is -2.27. The fourth-order valence-electron chi connectivity index (χ4n) is 2.50. The second kappa shape index (κ2) is 4.66. The Hall–Kier alpha value is -1.88. The van der Waals surface area contributed by atoms with Crippen molar-refractivity contribution in [1.82, 2.24) is 14.9 Å². The summed E-state index contributed by atoms with van der Waals surface area (Å²) in [5, 5.41) is 7.32. The Morgan fingerprint density at radius 1 is 1.53 bits per heavy atom. The first-order valence-electron chi connectivity index (χ1n) is 6.57. The molecule has 100 valence electrons. The molecule has 0 radical (unpaired) electrons. The quantitative estimate of drug-likeness (QED) is 0.911. The number of amides is 1. The van der Waals surface area contributed by atoms with Gasteiger partial charge < -0.3 is 10.1 Å². The van der Waals surface area contributed by atoms with Crippen molar-refractivity contribution in [2.24, 2.45) is 0 Å². The Morgan fingerprint density at radius 3 is 3.16 bits per heavy atom. The molecule has 0 aliphatic carbocycles. The number of rotatable bonds is 3. The molecule has 1 atom stereocenters. The van der Waals surface area contributed by atoms with Gasteiger partial charge in [-0.3, -0.25) is 4.79 Å². The third-order valence-electron chi connectivity index (χ3n) is 3.81. The number of hydrogen-bond donors (Lipinski definition) is 1. The van der Waals surface area contributed by atoms with Crippen LogP contribution in [0.15, 0.2) is 30.5 Å². The van der Waals surface area contributed by atoms with E-state index in [1.807, 2.05) is 18.2 Å². The summed E-state index contributed by atoms with van der Waals surface area (Å²) >= 11 is 0. The number of nitrogens with zero attached hydrogens (tertiary/aromatic N) is 2. The van der Waals surface area contributed by atoms with Gasteiger partial charge in [0.15, 0.2) is 0 Å². The highest BCUT2D eigenvalue weighted by atomic mass is 16.5. The second-order valence-electron chi connectivity index (χ2n) is 4.97. The highest BCUT2D eigenvalue weighted by Crippen LogP contribution is 2.23. The normalized spacial score (nSPS) is 22.8. The molecule has 19 heavy (non-hydrogen) atoms. The van der Waals surface area contributed by atoms with Crippen LogP contribution in [0.5, 0.6) is 0 Å². The molecule has 1 unspecified atom stereocenters.